The molecule has 124 valence electrons. The minimum Gasteiger partial charge on any atom is -0.388 e. The van der Waals surface area contributed by atoms with Gasteiger partial charge in [-0.2, -0.15) is 0 Å². The Labute approximate surface area is 135 Å². The zero-order valence-electron chi connectivity index (χ0n) is 14.6. The summed E-state index contributed by atoms with van der Waals surface area (Å²) < 4.78 is 0. The van der Waals surface area contributed by atoms with Gasteiger partial charge in [0.1, 0.15) is 0 Å². The van der Waals surface area contributed by atoms with Gasteiger partial charge in [-0.05, 0) is 57.6 Å². The van der Waals surface area contributed by atoms with E-state index in [0.717, 1.165) is 37.9 Å². The Morgan fingerprint density at radius 2 is 2.27 bits per heavy atom. The maximum absolute atomic E-state index is 11.6. The Morgan fingerprint density at radius 3 is 2.95 bits per heavy atom. The van der Waals surface area contributed by atoms with E-state index in [1.807, 2.05) is 20.8 Å². The topological polar surface area (TPSA) is 40.5 Å². The first kappa shape index (κ1) is 17.4. The van der Waals surface area contributed by atoms with Gasteiger partial charge >= 0.3 is 0 Å². The molecule has 22 heavy (non-hydrogen) atoms. The average Bonchev–Trinajstić information content (AvgIpc) is 2.92. The van der Waals surface area contributed by atoms with Crippen LogP contribution in [0.4, 0.5) is 0 Å². The number of piperidine rings is 1. The molecule has 2 aliphatic heterocycles. The van der Waals surface area contributed by atoms with Crippen LogP contribution in [0.5, 0.6) is 0 Å². The van der Waals surface area contributed by atoms with E-state index < -0.39 is 5.60 Å². The second kappa shape index (κ2) is 7.10. The Morgan fingerprint density at radius 1 is 1.55 bits per heavy atom. The standard InChI is InChI=1S/C19H31NO2/c1-5-17(21)15(3)9-8-14(2)11-16-12-19(4,22)18-7-6-10-20(18)13-16/h9,11,14,18,22H,5-8,10,12-13H2,1-4H3/b15-9+,16-11-. The number of aliphatic hydroxyl groups is 1. The van der Waals surface area contributed by atoms with Crippen molar-refractivity contribution in [1.29, 1.82) is 0 Å². The molecule has 3 heteroatoms. The van der Waals surface area contributed by atoms with Gasteiger partial charge in [0.25, 0.3) is 0 Å². The minimum absolute atomic E-state index is 0.236. The van der Waals surface area contributed by atoms with Crippen molar-refractivity contribution in [3.63, 3.8) is 0 Å². The van der Waals surface area contributed by atoms with Crippen LogP contribution >= 0.6 is 0 Å². The van der Waals surface area contributed by atoms with Crippen molar-refractivity contribution >= 4 is 5.78 Å². The SMILES string of the molecule is CCC(=O)/C(C)=C/CC(C)/C=C1\CN2CCCC2C(C)(O)C1. The summed E-state index contributed by atoms with van der Waals surface area (Å²) in [7, 11) is 0. The smallest absolute Gasteiger partial charge is 0.157 e. The molecule has 2 aliphatic rings. The van der Waals surface area contributed by atoms with Crippen LogP contribution in [0.1, 0.15) is 59.8 Å². The molecule has 0 aromatic rings. The van der Waals surface area contributed by atoms with E-state index in [-0.39, 0.29) is 5.78 Å². The number of ketones is 1. The molecule has 2 rings (SSSR count). The van der Waals surface area contributed by atoms with Crippen LogP contribution in [-0.4, -0.2) is 40.5 Å². The second-order valence-corrected chi connectivity index (χ2v) is 7.36. The number of fused-ring (bicyclic) bond motifs is 1. The van der Waals surface area contributed by atoms with E-state index in [1.54, 1.807) is 0 Å². The summed E-state index contributed by atoms with van der Waals surface area (Å²) in [5, 5.41) is 10.7. The predicted octanol–water partition coefficient (Wildman–Crippen LogP) is 3.48. The number of hydrogen-bond acceptors (Lipinski definition) is 3. The van der Waals surface area contributed by atoms with Gasteiger partial charge in [-0.3, -0.25) is 9.69 Å². The Bertz CT molecular complexity index is 476. The lowest BCUT2D eigenvalue weighted by Gasteiger charge is -2.43. The molecule has 0 amide bonds. The van der Waals surface area contributed by atoms with Gasteiger partial charge < -0.3 is 5.11 Å². The van der Waals surface area contributed by atoms with Gasteiger partial charge in [0, 0.05) is 19.0 Å². The second-order valence-electron chi connectivity index (χ2n) is 7.36. The lowest BCUT2D eigenvalue weighted by molar-refractivity contribution is -0.115. The quantitative estimate of drug-likeness (QED) is 0.624. The molecule has 0 aliphatic carbocycles. The van der Waals surface area contributed by atoms with Crippen molar-refractivity contribution in [2.45, 2.75) is 71.4 Å². The molecule has 2 fully saturated rings. The molecular weight excluding hydrogens is 274 g/mol. The first-order chi connectivity index (χ1) is 10.3. The lowest BCUT2D eigenvalue weighted by atomic mass is 9.82. The summed E-state index contributed by atoms with van der Waals surface area (Å²) >= 11 is 0. The molecule has 1 N–H and O–H groups in total. The number of carbonyl (C=O) groups excluding carboxylic acids is 1. The van der Waals surface area contributed by atoms with Gasteiger partial charge in [0.15, 0.2) is 5.78 Å². The summed E-state index contributed by atoms with van der Waals surface area (Å²) in [6, 6.07) is 0.337. The Balaban J connectivity index is 1.98. The van der Waals surface area contributed by atoms with Gasteiger partial charge in [-0.1, -0.05) is 31.6 Å². The number of Topliss-reactive ketones (excluding diaryl/α,β-unsaturated/α-hetero) is 1. The van der Waals surface area contributed by atoms with E-state index in [2.05, 4.69) is 24.0 Å². The van der Waals surface area contributed by atoms with Crippen molar-refractivity contribution in [2.75, 3.05) is 13.1 Å². The van der Waals surface area contributed by atoms with Gasteiger partial charge in [0.05, 0.1) is 5.60 Å². The highest BCUT2D eigenvalue weighted by atomic mass is 16.3. The van der Waals surface area contributed by atoms with Crippen molar-refractivity contribution in [3.8, 4) is 0 Å². The number of nitrogens with zero attached hydrogens (tertiary/aromatic N) is 1. The third kappa shape index (κ3) is 4.08. The summed E-state index contributed by atoms with van der Waals surface area (Å²) in [5.74, 6) is 0.643. The van der Waals surface area contributed by atoms with Crippen LogP contribution in [0.15, 0.2) is 23.3 Å². The van der Waals surface area contributed by atoms with Gasteiger partial charge in [-0.25, -0.2) is 0 Å². The van der Waals surface area contributed by atoms with Crippen LogP contribution in [0.2, 0.25) is 0 Å². The van der Waals surface area contributed by atoms with E-state index in [1.165, 1.54) is 12.0 Å². The molecule has 2 saturated heterocycles. The predicted molar refractivity (Wildman–Crippen MR) is 90.8 cm³/mol. The van der Waals surface area contributed by atoms with Crippen LogP contribution in [-0.2, 0) is 4.79 Å². The molecule has 0 aromatic carbocycles. The van der Waals surface area contributed by atoms with Crippen LogP contribution in [0.3, 0.4) is 0 Å². The van der Waals surface area contributed by atoms with Crippen LogP contribution in [0.25, 0.3) is 0 Å². The third-order valence-electron chi connectivity index (χ3n) is 5.15. The minimum atomic E-state index is -0.593. The highest BCUT2D eigenvalue weighted by Crippen LogP contribution is 2.37. The lowest BCUT2D eigenvalue weighted by Crippen LogP contribution is -2.52. The molecule has 0 radical (unpaired) electrons. The fourth-order valence-electron chi connectivity index (χ4n) is 3.95. The van der Waals surface area contributed by atoms with Crippen molar-refractivity contribution < 1.29 is 9.90 Å². The largest absolute Gasteiger partial charge is 0.388 e. The number of hydrogen-bond donors (Lipinski definition) is 1. The maximum Gasteiger partial charge on any atom is 0.157 e. The summed E-state index contributed by atoms with van der Waals surface area (Å²) in [5.41, 5.74) is 1.64. The highest BCUT2D eigenvalue weighted by molar-refractivity contribution is 5.94. The zero-order valence-corrected chi connectivity index (χ0v) is 14.6. The third-order valence-corrected chi connectivity index (χ3v) is 5.15. The fourth-order valence-corrected chi connectivity index (χ4v) is 3.95. The van der Waals surface area contributed by atoms with Crippen LogP contribution < -0.4 is 0 Å². The normalized spacial score (nSPS) is 33.0. The molecule has 0 spiro atoms. The summed E-state index contributed by atoms with van der Waals surface area (Å²) in [6.45, 7) is 10.1. The van der Waals surface area contributed by atoms with Gasteiger partial charge in [-0.15, -0.1) is 0 Å². The van der Waals surface area contributed by atoms with E-state index in [4.69, 9.17) is 0 Å². The van der Waals surface area contributed by atoms with Crippen molar-refractivity contribution in [3.05, 3.63) is 23.3 Å². The first-order valence-electron chi connectivity index (χ1n) is 8.69. The molecule has 0 aromatic heterocycles. The number of allylic oxidation sites excluding steroid dienone is 3. The molecular formula is C19H31NO2. The molecule has 2 heterocycles. The monoisotopic (exact) mass is 305 g/mol. The number of rotatable bonds is 5. The van der Waals surface area contributed by atoms with Crippen molar-refractivity contribution in [1.82, 2.24) is 4.90 Å². The average molecular weight is 305 g/mol. The maximum atomic E-state index is 11.6. The fraction of sp³-hybridized carbons (Fsp3) is 0.737. The number of carbonyl (C=O) groups is 1. The Hall–Kier alpha value is -0.930. The molecule has 0 bridgehead atoms. The molecule has 3 nitrogen and oxygen atoms in total. The van der Waals surface area contributed by atoms with Crippen molar-refractivity contribution in [2.24, 2.45) is 5.92 Å². The molecule has 3 unspecified atom stereocenters. The van der Waals surface area contributed by atoms with E-state index in [9.17, 15) is 9.90 Å². The molecule has 0 saturated carbocycles. The summed E-state index contributed by atoms with van der Waals surface area (Å²) in [4.78, 5) is 14.0. The Kier molecular flexibility index (Phi) is 5.62. The first-order valence-corrected chi connectivity index (χ1v) is 8.69. The molecule has 3 atom stereocenters. The van der Waals surface area contributed by atoms with E-state index >= 15 is 0 Å². The van der Waals surface area contributed by atoms with Crippen LogP contribution in [0, 0.1) is 5.92 Å². The zero-order chi connectivity index (χ0) is 16.3. The van der Waals surface area contributed by atoms with Gasteiger partial charge in [0.2, 0.25) is 0 Å². The summed E-state index contributed by atoms with van der Waals surface area (Å²) in [6.07, 6.45) is 8.96. The highest BCUT2D eigenvalue weighted by Gasteiger charge is 2.43. The van der Waals surface area contributed by atoms with E-state index in [0.29, 0.717) is 18.4 Å².